The Morgan fingerprint density at radius 3 is 2.17 bits per heavy atom. The average Bonchev–Trinajstić information content (AvgIpc) is 2.92. The predicted octanol–water partition coefficient (Wildman–Crippen LogP) is 4.82. The van der Waals surface area contributed by atoms with E-state index in [2.05, 4.69) is 52.1 Å². The molecule has 1 aliphatic carbocycles. The highest BCUT2D eigenvalue weighted by atomic mass is 79.9. The van der Waals surface area contributed by atoms with Gasteiger partial charge in [-0.05, 0) is 35.1 Å². The molecule has 0 aromatic heterocycles. The molecule has 2 nitrogen and oxygen atoms in total. The number of benzene rings is 2. The summed E-state index contributed by atoms with van der Waals surface area (Å²) in [5.41, 5.74) is 4.02. The number of halogens is 1. The van der Waals surface area contributed by atoms with Gasteiger partial charge < -0.3 is 5.32 Å². The molecule has 0 unspecified atom stereocenters. The molecule has 0 bridgehead atoms. The number of alkyl halides is 1. The summed E-state index contributed by atoms with van der Waals surface area (Å²) in [5, 5.41) is 4.01. The van der Waals surface area contributed by atoms with Gasteiger partial charge in [-0.1, -0.05) is 77.0 Å². The third kappa shape index (κ3) is 2.71. The molecule has 1 N–H and O–H groups in total. The second-order valence-electron chi connectivity index (χ2n) is 6.14. The summed E-state index contributed by atoms with van der Waals surface area (Å²) < 4.78 is 0. The van der Waals surface area contributed by atoms with E-state index in [-0.39, 0.29) is 5.91 Å². The molecule has 124 valence electrons. The highest BCUT2D eigenvalue weighted by Crippen LogP contribution is 2.51. The zero-order valence-electron chi connectivity index (χ0n) is 13.7. The Morgan fingerprint density at radius 1 is 1.04 bits per heavy atom. The number of hydrogen-bond acceptors (Lipinski definition) is 1. The standard InChI is InChI=1S/C21H22BrNO/c1-2-15-23-20(24)21(13-7-8-14-22)18-11-5-3-9-16(18)17-10-4-6-12-19(17)21/h2-6,9-12H,1,7-8,13-15H2,(H,23,24). The van der Waals surface area contributed by atoms with E-state index in [1.165, 1.54) is 11.1 Å². The van der Waals surface area contributed by atoms with E-state index in [9.17, 15) is 4.79 Å². The summed E-state index contributed by atoms with van der Waals surface area (Å²) in [4.78, 5) is 13.3. The van der Waals surface area contributed by atoms with E-state index in [1.54, 1.807) is 6.08 Å². The number of hydrogen-bond donors (Lipinski definition) is 1. The molecule has 0 saturated carbocycles. The van der Waals surface area contributed by atoms with Crippen molar-refractivity contribution in [3.05, 3.63) is 72.3 Å². The lowest BCUT2D eigenvalue weighted by Crippen LogP contribution is -2.44. The van der Waals surface area contributed by atoms with Crippen molar-refractivity contribution in [2.75, 3.05) is 11.9 Å². The maximum absolute atomic E-state index is 13.3. The molecule has 0 atom stereocenters. The third-order valence-electron chi connectivity index (χ3n) is 4.79. The third-order valence-corrected chi connectivity index (χ3v) is 5.35. The average molecular weight is 384 g/mol. The Labute approximate surface area is 152 Å². The molecule has 1 amide bonds. The molecule has 3 rings (SSSR count). The summed E-state index contributed by atoms with van der Waals surface area (Å²) in [6.07, 6.45) is 4.60. The fraction of sp³-hybridized carbons (Fsp3) is 0.286. The molecular weight excluding hydrogens is 362 g/mol. The first-order valence-corrected chi connectivity index (χ1v) is 9.52. The fourth-order valence-electron chi connectivity index (χ4n) is 3.75. The first-order valence-electron chi connectivity index (χ1n) is 8.40. The zero-order valence-corrected chi connectivity index (χ0v) is 15.3. The summed E-state index contributed by atoms with van der Waals surface area (Å²) >= 11 is 3.51. The van der Waals surface area contributed by atoms with Crippen LogP contribution in [0.1, 0.15) is 30.4 Å². The Morgan fingerprint density at radius 2 is 1.62 bits per heavy atom. The fourth-order valence-corrected chi connectivity index (χ4v) is 4.15. The first-order chi connectivity index (χ1) is 11.8. The summed E-state index contributed by atoms with van der Waals surface area (Å²) in [7, 11) is 0. The number of unbranched alkanes of at least 4 members (excludes halogenated alkanes) is 1. The Balaban J connectivity index is 2.15. The van der Waals surface area contributed by atoms with E-state index in [4.69, 9.17) is 0 Å². The van der Waals surface area contributed by atoms with Gasteiger partial charge in [0.1, 0.15) is 5.41 Å². The number of rotatable bonds is 7. The molecule has 0 spiro atoms. The Hall–Kier alpha value is -1.87. The maximum Gasteiger partial charge on any atom is 0.235 e. The van der Waals surface area contributed by atoms with Crippen LogP contribution in [0.15, 0.2) is 61.2 Å². The quantitative estimate of drug-likeness (QED) is 0.414. The number of carbonyl (C=O) groups excluding carboxylic acids is 1. The van der Waals surface area contributed by atoms with E-state index >= 15 is 0 Å². The molecule has 0 fully saturated rings. The molecule has 1 aliphatic rings. The van der Waals surface area contributed by atoms with E-state index in [1.807, 2.05) is 24.3 Å². The van der Waals surface area contributed by atoms with Crippen LogP contribution in [0.5, 0.6) is 0 Å². The highest BCUT2D eigenvalue weighted by molar-refractivity contribution is 9.09. The van der Waals surface area contributed by atoms with Gasteiger partial charge in [-0.15, -0.1) is 6.58 Å². The van der Waals surface area contributed by atoms with Crippen molar-refractivity contribution in [2.45, 2.75) is 24.7 Å². The normalized spacial score (nSPS) is 13.9. The largest absolute Gasteiger partial charge is 0.352 e. The summed E-state index contributed by atoms with van der Waals surface area (Å²) in [6.45, 7) is 4.21. The monoisotopic (exact) mass is 383 g/mol. The van der Waals surface area contributed by atoms with E-state index in [0.29, 0.717) is 6.54 Å². The molecule has 3 heteroatoms. The van der Waals surface area contributed by atoms with Crippen LogP contribution in [-0.2, 0) is 10.2 Å². The lowest BCUT2D eigenvalue weighted by molar-refractivity contribution is -0.125. The highest BCUT2D eigenvalue weighted by Gasteiger charge is 2.48. The number of carbonyl (C=O) groups is 1. The molecular formula is C21H22BrNO. The van der Waals surface area contributed by atoms with Gasteiger partial charge >= 0.3 is 0 Å². The second kappa shape index (κ2) is 7.35. The van der Waals surface area contributed by atoms with Gasteiger partial charge in [0.15, 0.2) is 0 Å². The van der Waals surface area contributed by atoms with E-state index in [0.717, 1.165) is 35.7 Å². The number of fused-ring (bicyclic) bond motifs is 3. The van der Waals surface area contributed by atoms with Crippen LogP contribution in [0.2, 0.25) is 0 Å². The number of amides is 1. The van der Waals surface area contributed by atoms with Crippen LogP contribution >= 0.6 is 15.9 Å². The minimum Gasteiger partial charge on any atom is -0.352 e. The van der Waals surface area contributed by atoms with Gasteiger partial charge in [0.25, 0.3) is 0 Å². The van der Waals surface area contributed by atoms with Crippen molar-refractivity contribution in [3.8, 4) is 11.1 Å². The topological polar surface area (TPSA) is 29.1 Å². The molecule has 0 heterocycles. The smallest absolute Gasteiger partial charge is 0.235 e. The van der Waals surface area contributed by atoms with Gasteiger partial charge in [-0.2, -0.15) is 0 Å². The van der Waals surface area contributed by atoms with Crippen molar-refractivity contribution in [1.29, 1.82) is 0 Å². The van der Waals surface area contributed by atoms with Gasteiger partial charge in [0.05, 0.1) is 0 Å². The summed E-state index contributed by atoms with van der Waals surface area (Å²) in [6, 6.07) is 16.6. The van der Waals surface area contributed by atoms with Crippen molar-refractivity contribution in [2.24, 2.45) is 0 Å². The minimum atomic E-state index is -0.599. The number of nitrogens with one attached hydrogen (secondary N) is 1. The van der Waals surface area contributed by atoms with E-state index < -0.39 is 5.41 Å². The van der Waals surface area contributed by atoms with Gasteiger partial charge in [0.2, 0.25) is 5.91 Å². The molecule has 0 saturated heterocycles. The zero-order chi connectivity index (χ0) is 17.0. The molecule has 2 aromatic carbocycles. The SMILES string of the molecule is C=CCNC(=O)C1(CCCCBr)c2ccccc2-c2ccccc21. The van der Waals surface area contributed by atoms with Crippen LogP contribution in [0.3, 0.4) is 0 Å². The molecule has 2 aromatic rings. The lowest BCUT2D eigenvalue weighted by atomic mass is 9.73. The second-order valence-corrected chi connectivity index (χ2v) is 6.93. The van der Waals surface area contributed by atoms with Crippen LogP contribution in [0, 0.1) is 0 Å². The van der Waals surface area contributed by atoms with Gasteiger partial charge in [-0.3, -0.25) is 4.79 Å². The Bertz CT molecular complexity index is 708. The molecule has 0 aliphatic heterocycles. The molecule has 0 radical (unpaired) electrons. The predicted molar refractivity (Wildman–Crippen MR) is 104 cm³/mol. The Kier molecular flexibility index (Phi) is 5.20. The lowest BCUT2D eigenvalue weighted by Gasteiger charge is -2.30. The summed E-state index contributed by atoms with van der Waals surface area (Å²) in [5.74, 6) is 0.0781. The van der Waals surface area contributed by atoms with Gasteiger partial charge in [0, 0.05) is 11.9 Å². The van der Waals surface area contributed by atoms with Crippen molar-refractivity contribution >= 4 is 21.8 Å². The van der Waals surface area contributed by atoms with Crippen LogP contribution in [0.4, 0.5) is 0 Å². The van der Waals surface area contributed by atoms with Gasteiger partial charge in [-0.25, -0.2) is 0 Å². The minimum absolute atomic E-state index is 0.0781. The first kappa shape index (κ1) is 17.0. The van der Waals surface area contributed by atoms with Crippen molar-refractivity contribution in [1.82, 2.24) is 5.32 Å². The van der Waals surface area contributed by atoms with Crippen molar-refractivity contribution in [3.63, 3.8) is 0 Å². The maximum atomic E-state index is 13.3. The van der Waals surface area contributed by atoms with Crippen LogP contribution < -0.4 is 5.32 Å². The van der Waals surface area contributed by atoms with Crippen molar-refractivity contribution < 1.29 is 4.79 Å². The van der Waals surface area contributed by atoms with Crippen LogP contribution in [-0.4, -0.2) is 17.8 Å². The molecule has 24 heavy (non-hydrogen) atoms. The van der Waals surface area contributed by atoms with Crippen LogP contribution in [0.25, 0.3) is 11.1 Å².